The van der Waals surface area contributed by atoms with Gasteiger partial charge in [0.2, 0.25) is 0 Å². The minimum atomic E-state index is -3.27. The maximum Gasteiger partial charge on any atom is 0.191 e. The van der Waals surface area contributed by atoms with E-state index >= 15 is 0 Å². The van der Waals surface area contributed by atoms with Gasteiger partial charge < -0.3 is 0 Å². The molecule has 0 aromatic carbocycles. The van der Waals surface area contributed by atoms with Gasteiger partial charge in [-0.05, 0) is 17.9 Å². The van der Waals surface area contributed by atoms with E-state index in [2.05, 4.69) is 0 Å². The number of hydrogen-bond acceptors (Lipinski definition) is 4. The van der Waals surface area contributed by atoms with Gasteiger partial charge in [0.1, 0.15) is 4.21 Å². The van der Waals surface area contributed by atoms with E-state index in [1.807, 2.05) is 6.07 Å². The Bertz CT molecular complexity index is 414. The molecule has 14 heavy (non-hydrogen) atoms. The van der Waals surface area contributed by atoms with Crippen molar-refractivity contribution >= 4 is 21.2 Å². The highest BCUT2D eigenvalue weighted by atomic mass is 32.2. The van der Waals surface area contributed by atoms with Gasteiger partial charge in [-0.1, -0.05) is 13.0 Å². The van der Waals surface area contributed by atoms with Gasteiger partial charge >= 0.3 is 0 Å². The molecule has 1 aromatic heterocycles. The Morgan fingerprint density at radius 3 is 2.79 bits per heavy atom. The maximum atomic E-state index is 11.9. The van der Waals surface area contributed by atoms with E-state index in [4.69, 9.17) is 5.26 Å². The fourth-order valence-electron chi connectivity index (χ4n) is 1.16. The zero-order chi connectivity index (χ0) is 10.6. The molecule has 0 radical (unpaired) electrons. The van der Waals surface area contributed by atoms with Crippen molar-refractivity contribution in [2.45, 2.75) is 29.2 Å². The minimum absolute atomic E-state index is 0.0662. The van der Waals surface area contributed by atoms with Crippen LogP contribution in [0.3, 0.4) is 0 Å². The molecule has 1 aromatic rings. The number of nitrogens with zero attached hydrogens (tertiary/aromatic N) is 1. The molecule has 5 heteroatoms. The summed E-state index contributed by atoms with van der Waals surface area (Å²) in [5.74, 6) is 0. The molecule has 1 atom stereocenters. The van der Waals surface area contributed by atoms with Crippen molar-refractivity contribution in [1.29, 1.82) is 5.26 Å². The normalized spacial score (nSPS) is 13.4. The van der Waals surface area contributed by atoms with Crippen LogP contribution in [0.25, 0.3) is 0 Å². The first-order valence-electron chi connectivity index (χ1n) is 4.27. The fraction of sp³-hybridized carbons (Fsp3) is 0.444. The van der Waals surface area contributed by atoms with Crippen LogP contribution in [-0.2, 0) is 9.84 Å². The van der Waals surface area contributed by atoms with E-state index in [-0.39, 0.29) is 6.42 Å². The molecule has 1 heterocycles. The van der Waals surface area contributed by atoms with Gasteiger partial charge in [-0.2, -0.15) is 5.26 Å². The van der Waals surface area contributed by atoms with Gasteiger partial charge in [0.25, 0.3) is 0 Å². The second kappa shape index (κ2) is 4.58. The molecule has 0 bridgehead atoms. The lowest BCUT2D eigenvalue weighted by Crippen LogP contribution is -2.19. The average Bonchev–Trinajstić information content (AvgIpc) is 2.66. The van der Waals surface area contributed by atoms with Crippen molar-refractivity contribution in [3.05, 3.63) is 17.5 Å². The van der Waals surface area contributed by atoms with Crippen LogP contribution in [0.15, 0.2) is 21.7 Å². The Kier molecular flexibility index (Phi) is 3.67. The second-order valence-electron chi connectivity index (χ2n) is 2.87. The van der Waals surface area contributed by atoms with Gasteiger partial charge in [0.15, 0.2) is 9.84 Å². The molecular weight excluding hydrogens is 218 g/mol. The van der Waals surface area contributed by atoms with Crippen LogP contribution in [0, 0.1) is 11.3 Å². The van der Waals surface area contributed by atoms with Crippen LogP contribution in [0.2, 0.25) is 0 Å². The zero-order valence-electron chi connectivity index (χ0n) is 7.80. The maximum absolute atomic E-state index is 11.9. The van der Waals surface area contributed by atoms with Crippen LogP contribution >= 0.6 is 11.3 Å². The third kappa shape index (κ3) is 2.14. The summed E-state index contributed by atoms with van der Waals surface area (Å²) in [5, 5.41) is 9.68. The number of rotatable bonds is 4. The quantitative estimate of drug-likeness (QED) is 0.795. The van der Waals surface area contributed by atoms with Crippen molar-refractivity contribution < 1.29 is 8.42 Å². The molecular formula is C9H11NO2S2. The van der Waals surface area contributed by atoms with Gasteiger partial charge in [0, 0.05) is 0 Å². The molecule has 1 unspecified atom stereocenters. The molecule has 0 saturated carbocycles. The minimum Gasteiger partial charge on any atom is -0.223 e. The molecule has 0 spiro atoms. The van der Waals surface area contributed by atoms with Gasteiger partial charge in [-0.3, -0.25) is 0 Å². The van der Waals surface area contributed by atoms with Crippen molar-refractivity contribution in [3.8, 4) is 6.07 Å². The lowest BCUT2D eigenvalue weighted by Gasteiger charge is -2.10. The fourth-order valence-corrected chi connectivity index (χ4v) is 4.05. The van der Waals surface area contributed by atoms with Gasteiger partial charge in [-0.15, -0.1) is 11.3 Å². The first-order chi connectivity index (χ1) is 6.62. The lowest BCUT2D eigenvalue weighted by atomic mass is 10.3. The molecule has 76 valence electrons. The average molecular weight is 229 g/mol. The Labute approximate surface area is 87.9 Å². The highest BCUT2D eigenvalue weighted by Gasteiger charge is 2.26. The summed E-state index contributed by atoms with van der Waals surface area (Å²) in [6.07, 6.45) is 0.546. The van der Waals surface area contributed by atoms with E-state index in [1.54, 1.807) is 24.4 Å². The molecule has 0 saturated heterocycles. The summed E-state index contributed by atoms with van der Waals surface area (Å²) < 4.78 is 24.1. The molecule has 0 aliphatic rings. The predicted octanol–water partition coefficient (Wildman–Crippen LogP) is 2.21. The van der Waals surface area contributed by atoms with E-state index in [1.165, 1.54) is 11.3 Å². The molecule has 0 N–H and O–H groups in total. The Morgan fingerprint density at radius 2 is 2.36 bits per heavy atom. The molecule has 0 fully saturated rings. The van der Waals surface area contributed by atoms with E-state index in [0.717, 1.165) is 0 Å². The number of nitriles is 1. The van der Waals surface area contributed by atoms with Crippen LogP contribution in [-0.4, -0.2) is 13.7 Å². The van der Waals surface area contributed by atoms with E-state index in [9.17, 15) is 8.42 Å². The predicted molar refractivity (Wildman–Crippen MR) is 55.8 cm³/mol. The number of sulfone groups is 1. The lowest BCUT2D eigenvalue weighted by molar-refractivity contribution is 0.578. The largest absolute Gasteiger partial charge is 0.223 e. The summed E-state index contributed by atoms with van der Waals surface area (Å²) in [7, 11) is -3.27. The van der Waals surface area contributed by atoms with Crippen LogP contribution in [0.4, 0.5) is 0 Å². The van der Waals surface area contributed by atoms with Crippen LogP contribution in [0.5, 0.6) is 0 Å². The number of thiophene rings is 1. The Morgan fingerprint density at radius 1 is 1.64 bits per heavy atom. The third-order valence-corrected chi connectivity index (χ3v) is 5.71. The summed E-state index contributed by atoms with van der Waals surface area (Å²) in [6, 6.07) is 5.20. The summed E-state index contributed by atoms with van der Waals surface area (Å²) in [6.45, 7) is 1.78. The SMILES string of the molecule is CCC(CC#N)S(=O)(=O)c1cccs1. The highest BCUT2D eigenvalue weighted by molar-refractivity contribution is 7.94. The first-order valence-corrected chi connectivity index (χ1v) is 6.70. The summed E-state index contributed by atoms with van der Waals surface area (Å²) >= 11 is 1.20. The molecule has 1 rings (SSSR count). The molecule has 3 nitrogen and oxygen atoms in total. The van der Waals surface area contributed by atoms with Crippen molar-refractivity contribution in [3.63, 3.8) is 0 Å². The summed E-state index contributed by atoms with van der Waals surface area (Å²) in [4.78, 5) is 0. The Balaban J connectivity index is 3.01. The highest BCUT2D eigenvalue weighted by Crippen LogP contribution is 2.24. The van der Waals surface area contributed by atoms with Crippen molar-refractivity contribution in [2.75, 3.05) is 0 Å². The topological polar surface area (TPSA) is 57.9 Å². The van der Waals surface area contributed by atoms with Gasteiger partial charge in [0.05, 0.1) is 17.7 Å². The van der Waals surface area contributed by atoms with Gasteiger partial charge in [-0.25, -0.2) is 8.42 Å². The van der Waals surface area contributed by atoms with Crippen LogP contribution in [0.1, 0.15) is 19.8 Å². The second-order valence-corrected chi connectivity index (χ2v) is 6.27. The Hall–Kier alpha value is -0.860. The third-order valence-electron chi connectivity index (χ3n) is 1.99. The zero-order valence-corrected chi connectivity index (χ0v) is 9.44. The van der Waals surface area contributed by atoms with E-state index in [0.29, 0.717) is 10.6 Å². The standard InChI is InChI=1S/C9H11NO2S2/c1-2-8(5-6-10)14(11,12)9-4-3-7-13-9/h3-4,7-8H,2,5H2,1H3. The smallest absolute Gasteiger partial charge is 0.191 e. The molecule has 0 aliphatic heterocycles. The van der Waals surface area contributed by atoms with E-state index < -0.39 is 15.1 Å². The monoisotopic (exact) mass is 229 g/mol. The first kappa shape index (κ1) is 11.2. The number of hydrogen-bond donors (Lipinski definition) is 0. The molecule has 0 aliphatic carbocycles. The molecule has 0 amide bonds. The van der Waals surface area contributed by atoms with Crippen LogP contribution < -0.4 is 0 Å². The van der Waals surface area contributed by atoms with Crippen molar-refractivity contribution in [2.24, 2.45) is 0 Å². The summed E-state index contributed by atoms with van der Waals surface area (Å²) in [5.41, 5.74) is 0. The van der Waals surface area contributed by atoms with Crippen molar-refractivity contribution in [1.82, 2.24) is 0 Å².